The van der Waals surface area contributed by atoms with Crippen molar-refractivity contribution in [2.75, 3.05) is 0 Å². The van der Waals surface area contributed by atoms with E-state index < -0.39 is 0 Å². The first-order chi connectivity index (χ1) is 6.82. The number of carbonyl (C=O) groups excluding carboxylic acids is 1. The number of hydrogen-bond donors (Lipinski definition) is 0. The Kier molecular flexibility index (Phi) is 3.28. The van der Waals surface area contributed by atoms with Crippen LogP contribution in [0.25, 0.3) is 0 Å². The molecule has 0 bridgehead atoms. The molecule has 1 rings (SSSR count). The van der Waals surface area contributed by atoms with Gasteiger partial charge in [-0.05, 0) is 29.7 Å². The summed E-state index contributed by atoms with van der Waals surface area (Å²) in [4.78, 5) is 12.0. The number of halogens is 1. The van der Waals surface area contributed by atoms with Gasteiger partial charge in [-0.2, -0.15) is 0 Å². The first-order valence-electron chi connectivity index (χ1n) is 5.12. The average molecular weight is 208 g/mol. The van der Waals surface area contributed by atoms with E-state index in [9.17, 15) is 9.18 Å². The normalized spacial score (nSPS) is 13.7. The molecule has 0 N–H and O–H groups in total. The highest BCUT2D eigenvalue weighted by molar-refractivity contribution is 5.98. The van der Waals surface area contributed by atoms with Crippen molar-refractivity contribution in [3.8, 4) is 0 Å². The molecule has 0 fully saturated rings. The highest BCUT2D eigenvalue weighted by atomic mass is 19.1. The zero-order valence-corrected chi connectivity index (χ0v) is 9.67. The van der Waals surface area contributed by atoms with Gasteiger partial charge in [0.15, 0.2) is 5.78 Å². The Morgan fingerprint density at radius 1 is 1.20 bits per heavy atom. The predicted octanol–water partition coefficient (Wildman–Crippen LogP) is 3.69. The zero-order chi connectivity index (χ0) is 11.6. The second kappa shape index (κ2) is 4.13. The predicted molar refractivity (Wildman–Crippen MR) is 59.3 cm³/mol. The van der Waals surface area contributed by atoms with Gasteiger partial charge < -0.3 is 0 Å². The topological polar surface area (TPSA) is 17.1 Å². The van der Waals surface area contributed by atoms with E-state index in [1.165, 1.54) is 12.1 Å². The number of ketones is 1. The minimum Gasteiger partial charge on any atom is -0.294 e. The Morgan fingerprint density at radius 2 is 1.67 bits per heavy atom. The first kappa shape index (κ1) is 11.9. The van der Waals surface area contributed by atoms with E-state index in [-0.39, 0.29) is 22.9 Å². The van der Waals surface area contributed by atoms with Crippen molar-refractivity contribution in [2.24, 2.45) is 11.3 Å². The number of rotatable bonds is 2. The summed E-state index contributed by atoms with van der Waals surface area (Å²) in [7, 11) is 0. The summed E-state index contributed by atoms with van der Waals surface area (Å²) in [6.45, 7) is 7.99. The Labute approximate surface area is 90.3 Å². The fourth-order valence-corrected chi connectivity index (χ4v) is 1.26. The van der Waals surface area contributed by atoms with Crippen molar-refractivity contribution >= 4 is 5.78 Å². The van der Waals surface area contributed by atoms with Gasteiger partial charge in [-0.15, -0.1) is 0 Å². The number of hydrogen-bond acceptors (Lipinski definition) is 1. The van der Waals surface area contributed by atoms with E-state index in [0.717, 1.165) is 0 Å². The van der Waals surface area contributed by atoms with Gasteiger partial charge in [0, 0.05) is 11.5 Å². The summed E-state index contributed by atoms with van der Waals surface area (Å²) >= 11 is 0. The molecule has 1 atom stereocenters. The van der Waals surface area contributed by atoms with E-state index in [0.29, 0.717) is 5.56 Å². The highest BCUT2D eigenvalue weighted by Crippen LogP contribution is 2.28. The van der Waals surface area contributed by atoms with Crippen LogP contribution in [0.1, 0.15) is 38.1 Å². The molecule has 0 aromatic heterocycles. The van der Waals surface area contributed by atoms with Gasteiger partial charge >= 0.3 is 0 Å². The molecule has 1 aromatic carbocycles. The zero-order valence-electron chi connectivity index (χ0n) is 9.67. The third-order valence-corrected chi connectivity index (χ3v) is 2.82. The van der Waals surface area contributed by atoms with Crippen LogP contribution in [-0.4, -0.2) is 5.78 Å². The van der Waals surface area contributed by atoms with Crippen LogP contribution < -0.4 is 0 Å². The SMILES string of the molecule is CC(C(=O)c1ccc(F)cc1)C(C)(C)C. The van der Waals surface area contributed by atoms with Crippen molar-refractivity contribution in [2.45, 2.75) is 27.7 Å². The average Bonchev–Trinajstić information content (AvgIpc) is 2.15. The minimum atomic E-state index is -0.310. The molecule has 0 aliphatic heterocycles. The van der Waals surface area contributed by atoms with Crippen LogP contribution >= 0.6 is 0 Å². The minimum absolute atomic E-state index is 0.0640. The lowest BCUT2D eigenvalue weighted by atomic mass is 9.78. The Morgan fingerprint density at radius 3 is 2.07 bits per heavy atom. The maximum atomic E-state index is 12.7. The van der Waals surface area contributed by atoms with E-state index >= 15 is 0 Å². The molecule has 0 aliphatic rings. The van der Waals surface area contributed by atoms with Crippen LogP contribution in [0.15, 0.2) is 24.3 Å². The molecule has 15 heavy (non-hydrogen) atoms. The summed E-state index contributed by atoms with van der Waals surface area (Å²) in [5, 5.41) is 0. The monoisotopic (exact) mass is 208 g/mol. The molecule has 0 saturated heterocycles. The molecular formula is C13H17FO. The molecule has 0 aliphatic carbocycles. The summed E-state index contributed by atoms with van der Waals surface area (Å²) in [6, 6.07) is 5.73. The number of Topliss-reactive ketones (excluding diaryl/α,β-unsaturated/α-hetero) is 1. The van der Waals surface area contributed by atoms with Crippen LogP contribution in [0.2, 0.25) is 0 Å². The maximum absolute atomic E-state index is 12.7. The van der Waals surface area contributed by atoms with Crippen molar-refractivity contribution in [1.29, 1.82) is 0 Å². The number of benzene rings is 1. The molecule has 2 heteroatoms. The van der Waals surface area contributed by atoms with Crippen molar-refractivity contribution in [1.82, 2.24) is 0 Å². The largest absolute Gasteiger partial charge is 0.294 e. The molecule has 1 unspecified atom stereocenters. The first-order valence-corrected chi connectivity index (χ1v) is 5.12. The molecule has 82 valence electrons. The van der Waals surface area contributed by atoms with Gasteiger partial charge in [0.1, 0.15) is 5.82 Å². The Bertz CT molecular complexity index is 346. The highest BCUT2D eigenvalue weighted by Gasteiger charge is 2.27. The molecule has 0 amide bonds. The molecule has 0 radical (unpaired) electrons. The van der Waals surface area contributed by atoms with Gasteiger partial charge in [0.2, 0.25) is 0 Å². The molecule has 1 nitrogen and oxygen atoms in total. The Balaban J connectivity index is 2.90. The van der Waals surface area contributed by atoms with Gasteiger partial charge in [-0.1, -0.05) is 27.7 Å². The fraction of sp³-hybridized carbons (Fsp3) is 0.462. The molecule has 0 saturated carbocycles. The van der Waals surface area contributed by atoms with Crippen LogP contribution in [0, 0.1) is 17.2 Å². The van der Waals surface area contributed by atoms with E-state index in [4.69, 9.17) is 0 Å². The summed E-state index contributed by atoms with van der Waals surface area (Å²) in [6.07, 6.45) is 0. The Hall–Kier alpha value is -1.18. The van der Waals surface area contributed by atoms with Crippen molar-refractivity contribution < 1.29 is 9.18 Å². The van der Waals surface area contributed by atoms with Crippen molar-refractivity contribution in [3.05, 3.63) is 35.6 Å². The quantitative estimate of drug-likeness (QED) is 0.677. The van der Waals surface area contributed by atoms with Gasteiger partial charge in [0.25, 0.3) is 0 Å². The molecular weight excluding hydrogens is 191 g/mol. The number of carbonyl (C=O) groups is 1. The molecule has 0 heterocycles. The second-order valence-electron chi connectivity index (χ2n) is 4.96. The van der Waals surface area contributed by atoms with Gasteiger partial charge in [0.05, 0.1) is 0 Å². The second-order valence-corrected chi connectivity index (χ2v) is 4.96. The fourth-order valence-electron chi connectivity index (χ4n) is 1.26. The summed E-state index contributed by atoms with van der Waals surface area (Å²) in [5.41, 5.74) is 0.518. The van der Waals surface area contributed by atoms with Crippen LogP contribution in [0.5, 0.6) is 0 Å². The lowest BCUT2D eigenvalue weighted by Crippen LogP contribution is -2.25. The van der Waals surface area contributed by atoms with Crippen LogP contribution in [0.4, 0.5) is 4.39 Å². The van der Waals surface area contributed by atoms with Crippen LogP contribution in [0.3, 0.4) is 0 Å². The molecule has 1 aromatic rings. The molecule has 0 spiro atoms. The summed E-state index contributed by atoms with van der Waals surface area (Å²) < 4.78 is 12.7. The third-order valence-electron chi connectivity index (χ3n) is 2.82. The maximum Gasteiger partial charge on any atom is 0.166 e. The lowest BCUT2D eigenvalue weighted by Gasteiger charge is -2.25. The smallest absolute Gasteiger partial charge is 0.166 e. The van der Waals surface area contributed by atoms with E-state index in [1.54, 1.807) is 12.1 Å². The standard InChI is InChI=1S/C13H17FO/c1-9(13(2,3)4)12(15)10-5-7-11(14)8-6-10/h5-9H,1-4H3. The third kappa shape index (κ3) is 2.88. The van der Waals surface area contributed by atoms with E-state index in [2.05, 4.69) is 0 Å². The van der Waals surface area contributed by atoms with Crippen molar-refractivity contribution in [3.63, 3.8) is 0 Å². The van der Waals surface area contributed by atoms with Gasteiger partial charge in [-0.3, -0.25) is 4.79 Å². The lowest BCUT2D eigenvalue weighted by molar-refractivity contribution is 0.0839. The van der Waals surface area contributed by atoms with Crippen LogP contribution in [-0.2, 0) is 0 Å². The van der Waals surface area contributed by atoms with Gasteiger partial charge in [-0.25, -0.2) is 4.39 Å². The van der Waals surface area contributed by atoms with E-state index in [1.807, 2.05) is 27.7 Å². The summed E-state index contributed by atoms with van der Waals surface area (Å²) in [5.74, 6) is -0.305.